The molecule has 0 radical (unpaired) electrons. The van der Waals surface area contributed by atoms with E-state index in [9.17, 15) is 15.0 Å². The number of rotatable bonds is 6. The summed E-state index contributed by atoms with van der Waals surface area (Å²) in [6, 6.07) is 0.0639. The molecule has 9 heteroatoms. The lowest BCUT2D eigenvalue weighted by Crippen LogP contribution is -2.59. The lowest BCUT2D eigenvalue weighted by Gasteiger charge is -2.49. The van der Waals surface area contributed by atoms with Crippen molar-refractivity contribution in [1.29, 1.82) is 5.41 Å². The molecule has 3 aliphatic rings. The summed E-state index contributed by atoms with van der Waals surface area (Å²) in [4.78, 5) is 21.4. The standard InChI is InChI=1S/C18H24N4O3S2.C2H2/c1-9-14-12(10(2)23)6-22(14)15(17(24)25)16(9)27-18-20-13(7-26-18)11-3-4-21(5-11)8-19;1-2/h7-12,14,19,23H,3-6H2,1-2H3,(H,24,25);1-2H/t9-,10-,11+,12-,14?;/m1./s1. The Bertz CT molecular complexity index is 835. The summed E-state index contributed by atoms with van der Waals surface area (Å²) in [5, 5.41) is 29.2. The van der Waals surface area contributed by atoms with Crippen molar-refractivity contribution in [2.45, 2.75) is 42.7 Å². The molecule has 0 bridgehead atoms. The fourth-order valence-corrected chi connectivity index (χ4v) is 6.69. The largest absolute Gasteiger partial charge is 0.477 e. The molecule has 3 N–H and O–H groups in total. The van der Waals surface area contributed by atoms with Gasteiger partial charge in [0.15, 0.2) is 4.34 Å². The highest BCUT2D eigenvalue weighted by Gasteiger charge is 2.53. The second kappa shape index (κ2) is 8.78. The average molecular weight is 435 g/mol. The first-order valence-corrected chi connectivity index (χ1v) is 11.2. The van der Waals surface area contributed by atoms with Crippen LogP contribution in [0.3, 0.4) is 0 Å². The topological polar surface area (TPSA) is 101 Å². The minimum absolute atomic E-state index is 0.0639. The molecule has 0 saturated carbocycles. The Morgan fingerprint density at radius 3 is 2.79 bits per heavy atom. The van der Waals surface area contributed by atoms with Gasteiger partial charge >= 0.3 is 5.97 Å². The SMILES string of the molecule is C#C.C[C@H]1C(Sc2nc([C@H]3CCN(C=N)C3)cs2)=C(C(=O)O)N2C[C@H]([C@@H](C)O)C12. The van der Waals surface area contributed by atoms with Gasteiger partial charge in [-0.25, -0.2) is 9.78 Å². The van der Waals surface area contributed by atoms with Crippen molar-refractivity contribution in [3.63, 3.8) is 0 Å². The van der Waals surface area contributed by atoms with Crippen LogP contribution in [-0.4, -0.2) is 69.1 Å². The van der Waals surface area contributed by atoms with Crippen LogP contribution in [-0.2, 0) is 4.79 Å². The predicted octanol–water partition coefficient (Wildman–Crippen LogP) is 2.51. The molecule has 1 aromatic heterocycles. The van der Waals surface area contributed by atoms with E-state index >= 15 is 0 Å². The van der Waals surface area contributed by atoms with Crippen LogP contribution in [0.5, 0.6) is 0 Å². The molecule has 3 aliphatic heterocycles. The number of aliphatic hydroxyl groups is 1. The van der Waals surface area contributed by atoms with Crippen molar-refractivity contribution < 1.29 is 15.0 Å². The molecule has 0 spiro atoms. The summed E-state index contributed by atoms with van der Waals surface area (Å²) >= 11 is 3.03. The average Bonchev–Trinajstić information content (AvgIpc) is 3.36. The number of thioether (sulfide) groups is 1. The highest BCUT2D eigenvalue weighted by molar-refractivity contribution is 8.04. The number of hydrogen-bond donors (Lipinski definition) is 3. The van der Waals surface area contributed by atoms with Crippen LogP contribution in [0.1, 0.15) is 31.9 Å². The number of carbonyl (C=O) groups is 1. The summed E-state index contributed by atoms with van der Waals surface area (Å²) in [5.74, 6) is -0.373. The van der Waals surface area contributed by atoms with Gasteiger partial charge in [0, 0.05) is 53.7 Å². The number of aliphatic carboxylic acids is 1. The Morgan fingerprint density at radius 2 is 2.21 bits per heavy atom. The van der Waals surface area contributed by atoms with Crippen molar-refractivity contribution in [2.75, 3.05) is 19.6 Å². The number of hydrogen-bond acceptors (Lipinski definition) is 7. The first kappa shape index (κ1) is 21.7. The molecule has 2 saturated heterocycles. The Morgan fingerprint density at radius 1 is 1.48 bits per heavy atom. The number of likely N-dealkylation sites (tertiary alicyclic amines) is 1. The molecular weight excluding hydrogens is 408 g/mol. The molecule has 4 heterocycles. The summed E-state index contributed by atoms with van der Waals surface area (Å²) in [6.45, 7) is 6.15. The summed E-state index contributed by atoms with van der Waals surface area (Å²) in [5.41, 5.74) is 1.42. The van der Waals surface area contributed by atoms with E-state index in [1.165, 1.54) is 18.1 Å². The van der Waals surface area contributed by atoms with E-state index in [-0.39, 0.29) is 17.9 Å². The van der Waals surface area contributed by atoms with Gasteiger partial charge in [0.05, 0.1) is 18.1 Å². The second-order valence-electron chi connectivity index (χ2n) is 7.60. The number of aromatic nitrogens is 1. The van der Waals surface area contributed by atoms with Crippen LogP contribution in [0.15, 0.2) is 20.3 Å². The van der Waals surface area contributed by atoms with Gasteiger partial charge in [-0.1, -0.05) is 18.7 Å². The molecule has 156 valence electrons. The first-order chi connectivity index (χ1) is 13.9. The van der Waals surface area contributed by atoms with Gasteiger partial charge in [-0.05, 0) is 13.3 Å². The van der Waals surface area contributed by atoms with Crippen molar-refractivity contribution in [3.8, 4) is 12.8 Å². The van der Waals surface area contributed by atoms with Crippen LogP contribution in [0, 0.1) is 30.1 Å². The van der Waals surface area contributed by atoms with Crippen LogP contribution in [0.4, 0.5) is 0 Å². The zero-order chi connectivity index (χ0) is 21.3. The molecule has 0 aliphatic carbocycles. The first-order valence-electron chi connectivity index (χ1n) is 9.54. The molecular formula is C20H26N4O3S2. The quantitative estimate of drug-likeness (QED) is 0.359. The van der Waals surface area contributed by atoms with Crippen molar-refractivity contribution in [2.24, 2.45) is 11.8 Å². The van der Waals surface area contributed by atoms with Crippen LogP contribution < -0.4 is 0 Å². The number of fused-ring (bicyclic) bond motifs is 1. The molecule has 29 heavy (non-hydrogen) atoms. The van der Waals surface area contributed by atoms with E-state index in [0.717, 1.165) is 34.4 Å². The Hall–Kier alpha value is -2.02. The molecule has 7 nitrogen and oxygen atoms in total. The van der Waals surface area contributed by atoms with E-state index in [4.69, 9.17) is 10.4 Å². The maximum absolute atomic E-state index is 11.9. The molecule has 1 unspecified atom stereocenters. The highest BCUT2D eigenvalue weighted by atomic mass is 32.2. The fraction of sp³-hybridized carbons (Fsp3) is 0.550. The van der Waals surface area contributed by atoms with Gasteiger partial charge in [-0.3, -0.25) is 5.41 Å². The van der Waals surface area contributed by atoms with Crippen LogP contribution in [0.25, 0.3) is 0 Å². The van der Waals surface area contributed by atoms with E-state index in [1.807, 2.05) is 9.80 Å². The van der Waals surface area contributed by atoms with E-state index in [1.54, 1.807) is 18.3 Å². The zero-order valence-corrected chi connectivity index (χ0v) is 18.1. The zero-order valence-electron chi connectivity index (χ0n) is 16.5. The number of carboxylic acids is 1. The molecule has 1 aromatic rings. The molecule has 0 aromatic carbocycles. The number of nitrogens with one attached hydrogen (secondary N) is 1. The van der Waals surface area contributed by atoms with Gasteiger partial charge in [0.1, 0.15) is 5.70 Å². The number of thiazole rings is 1. The lowest BCUT2D eigenvalue weighted by atomic mass is 9.80. The van der Waals surface area contributed by atoms with Gasteiger partial charge in [-0.2, -0.15) is 0 Å². The van der Waals surface area contributed by atoms with Gasteiger partial charge < -0.3 is 20.0 Å². The maximum atomic E-state index is 11.9. The van der Waals surface area contributed by atoms with E-state index < -0.39 is 12.1 Å². The number of nitrogens with zero attached hydrogens (tertiary/aromatic N) is 3. The van der Waals surface area contributed by atoms with E-state index in [2.05, 4.69) is 25.2 Å². The number of terminal acetylenes is 1. The maximum Gasteiger partial charge on any atom is 0.353 e. The Labute approximate surface area is 179 Å². The summed E-state index contributed by atoms with van der Waals surface area (Å²) in [7, 11) is 0. The Balaban J connectivity index is 0.00000117. The highest BCUT2D eigenvalue weighted by Crippen LogP contribution is 2.51. The smallest absolute Gasteiger partial charge is 0.353 e. The van der Waals surface area contributed by atoms with Gasteiger partial charge in [-0.15, -0.1) is 24.2 Å². The Kier molecular flexibility index (Phi) is 6.56. The second-order valence-corrected chi connectivity index (χ2v) is 9.75. The van der Waals surface area contributed by atoms with Crippen LogP contribution in [0.2, 0.25) is 0 Å². The van der Waals surface area contributed by atoms with E-state index in [0.29, 0.717) is 18.2 Å². The fourth-order valence-electron chi connectivity index (χ4n) is 4.49. The predicted molar refractivity (Wildman–Crippen MR) is 115 cm³/mol. The molecule has 0 amide bonds. The third-order valence-electron chi connectivity index (χ3n) is 5.99. The summed E-state index contributed by atoms with van der Waals surface area (Å²) in [6.07, 6.45) is 9.95. The van der Waals surface area contributed by atoms with Gasteiger partial charge in [0.2, 0.25) is 0 Å². The third kappa shape index (κ3) is 3.89. The van der Waals surface area contributed by atoms with Crippen molar-refractivity contribution in [3.05, 3.63) is 21.7 Å². The monoisotopic (exact) mass is 434 g/mol. The van der Waals surface area contributed by atoms with Crippen molar-refractivity contribution in [1.82, 2.24) is 14.8 Å². The number of carboxylic acid groups (broad SMARTS) is 1. The number of aliphatic hydroxyl groups excluding tert-OH is 1. The third-order valence-corrected chi connectivity index (χ3v) is 8.24. The summed E-state index contributed by atoms with van der Waals surface area (Å²) < 4.78 is 0.870. The normalized spacial score (nSPS) is 29.0. The van der Waals surface area contributed by atoms with Gasteiger partial charge in [0.25, 0.3) is 0 Å². The molecule has 5 atom stereocenters. The molecule has 2 fully saturated rings. The molecule has 4 rings (SSSR count). The van der Waals surface area contributed by atoms with Crippen LogP contribution >= 0.6 is 23.1 Å². The minimum atomic E-state index is -0.898. The van der Waals surface area contributed by atoms with Crippen molar-refractivity contribution >= 4 is 35.4 Å². The minimum Gasteiger partial charge on any atom is -0.477 e. The lowest BCUT2D eigenvalue weighted by molar-refractivity contribution is -0.137.